The number of esters is 1. The summed E-state index contributed by atoms with van der Waals surface area (Å²) in [7, 11) is 1.43. The fourth-order valence-electron chi connectivity index (χ4n) is 1.51. The van der Waals surface area contributed by atoms with Crippen LogP contribution in [-0.2, 0) is 9.53 Å². The van der Waals surface area contributed by atoms with Gasteiger partial charge in [0.25, 0.3) is 0 Å². The number of rotatable bonds is 5. The van der Waals surface area contributed by atoms with E-state index in [0.717, 1.165) is 6.42 Å². The molecule has 0 N–H and O–H groups in total. The van der Waals surface area contributed by atoms with Gasteiger partial charge in [-0.2, -0.15) is 0 Å². The highest BCUT2D eigenvalue weighted by Crippen LogP contribution is 2.14. The van der Waals surface area contributed by atoms with Crippen molar-refractivity contribution in [3.05, 3.63) is 35.5 Å². The lowest BCUT2D eigenvalue weighted by Crippen LogP contribution is -2.12. The molecule has 0 fully saturated rings. The van der Waals surface area contributed by atoms with E-state index in [2.05, 4.69) is 6.08 Å². The number of carbonyl (C=O) groups is 1. The second-order valence-corrected chi connectivity index (χ2v) is 4.06. The van der Waals surface area contributed by atoms with Gasteiger partial charge in [-0.05, 0) is 27.2 Å². The fraction of sp³-hybridized carbons (Fsp3) is 0.500. The zero-order valence-corrected chi connectivity index (χ0v) is 10.9. The Morgan fingerprint density at radius 2 is 2.00 bits per heavy atom. The van der Waals surface area contributed by atoms with Crippen LogP contribution in [0.2, 0.25) is 0 Å². The Morgan fingerprint density at radius 3 is 2.50 bits per heavy atom. The quantitative estimate of drug-likeness (QED) is 0.524. The molecule has 0 amide bonds. The van der Waals surface area contributed by atoms with Crippen LogP contribution in [0.5, 0.6) is 0 Å². The van der Waals surface area contributed by atoms with Crippen LogP contribution in [0.15, 0.2) is 35.5 Å². The summed E-state index contributed by atoms with van der Waals surface area (Å²) in [5.41, 5.74) is 2.38. The predicted octanol–water partition coefficient (Wildman–Crippen LogP) is 3.65. The SMILES string of the molecule is C\C=C/C=C(C)\C=C(/C)CC(C)C(=O)OC. The van der Waals surface area contributed by atoms with Gasteiger partial charge in [-0.1, -0.05) is 42.4 Å². The van der Waals surface area contributed by atoms with E-state index in [-0.39, 0.29) is 11.9 Å². The second-order valence-electron chi connectivity index (χ2n) is 4.06. The average Bonchev–Trinajstić information content (AvgIpc) is 2.24. The number of ether oxygens (including phenoxy) is 1. The van der Waals surface area contributed by atoms with Crippen LogP contribution in [0.1, 0.15) is 34.1 Å². The van der Waals surface area contributed by atoms with E-state index in [1.165, 1.54) is 18.3 Å². The third-order valence-corrected chi connectivity index (χ3v) is 2.26. The average molecular weight is 222 g/mol. The molecule has 2 heteroatoms. The lowest BCUT2D eigenvalue weighted by Gasteiger charge is -2.09. The molecule has 0 aromatic carbocycles. The minimum Gasteiger partial charge on any atom is -0.469 e. The van der Waals surface area contributed by atoms with Crippen molar-refractivity contribution in [3.63, 3.8) is 0 Å². The smallest absolute Gasteiger partial charge is 0.308 e. The van der Waals surface area contributed by atoms with E-state index < -0.39 is 0 Å². The molecule has 1 unspecified atom stereocenters. The van der Waals surface area contributed by atoms with Gasteiger partial charge in [-0.25, -0.2) is 0 Å². The van der Waals surface area contributed by atoms with E-state index >= 15 is 0 Å². The summed E-state index contributed by atoms with van der Waals surface area (Å²) in [5.74, 6) is -0.224. The van der Waals surface area contributed by atoms with Crippen molar-refractivity contribution < 1.29 is 9.53 Å². The lowest BCUT2D eigenvalue weighted by atomic mass is 10.0. The van der Waals surface area contributed by atoms with Gasteiger partial charge in [0.15, 0.2) is 0 Å². The highest BCUT2D eigenvalue weighted by molar-refractivity contribution is 5.72. The van der Waals surface area contributed by atoms with Crippen molar-refractivity contribution in [2.24, 2.45) is 5.92 Å². The van der Waals surface area contributed by atoms with E-state index in [4.69, 9.17) is 4.74 Å². The number of carbonyl (C=O) groups excluding carboxylic acids is 1. The maximum absolute atomic E-state index is 11.2. The van der Waals surface area contributed by atoms with Crippen molar-refractivity contribution in [3.8, 4) is 0 Å². The Bertz CT molecular complexity index is 309. The van der Waals surface area contributed by atoms with Gasteiger partial charge in [0.05, 0.1) is 13.0 Å². The van der Waals surface area contributed by atoms with Gasteiger partial charge in [-0.3, -0.25) is 4.79 Å². The van der Waals surface area contributed by atoms with Crippen LogP contribution in [0, 0.1) is 5.92 Å². The fourth-order valence-corrected chi connectivity index (χ4v) is 1.51. The van der Waals surface area contributed by atoms with Crippen LogP contribution in [0.4, 0.5) is 0 Å². The van der Waals surface area contributed by atoms with Gasteiger partial charge in [0.1, 0.15) is 0 Å². The highest BCUT2D eigenvalue weighted by atomic mass is 16.5. The van der Waals surface area contributed by atoms with Crippen molar-refractivity contribution in [1.82, 2.24) is 0 Å². The summed E-state index contributed by atoms with van der Waals surface area (Å²) in [6.07, 6.45) is 8.88. The Kier molecular flexibility index (Phi) is 7.27. The summed E-state index contributed by atoms with van der Waals surface area (Å²) in [4.78, 5) is 11.2. The van der Waals surface area contributed by atoms with Crippen LogP contribution in [0.3, 0.4) is 0 Å². The zero-order chi connectivity index (χ0) is 12.6. The Hall–Kier alpha value is -1.31. The summed E-state index contributed by atoms with van der Waals surface area (Å²) in [6, 6.07) is 0. The molecule has 0 spiro atoms. The largest absolute Gasteiger partial charge is 0.469 e. The van der Waals surface area contributed by atoms with Gasteiger partial charge < -0.3 is 4.74 Å². The van der Waals surface area contributed by atoms with Crippen LogP contribution < -0.4 is 0 Å². The topological polar surface area (TPSA) is 26.3 Å². The molecule has 0 bridgehead atoms. The summed E-state index contributed by atoms with van der Waals surface area (Å²) < 4.78 is 4.69. The van der Waals surface area contributed by atoms with Crippen molar-refractivity contribution in [2.45, 2.75) is 34.1 Å². The second kappa shape index (κ2) is 7.91. The molecule has 0 aliphatic carbocycles. The molecule has 2 nitrogen and oxygen atoms in total. The summed E-state index contributed by atoms with van der Waals surface area (Å²) in [6.45, 7) is 7.95. The van der Waals surface area contributed by atoms with E-state index in [1.54, 1.807) is 0 Å². The lowest BCUT2D eigenvalue weighted by molar-refractivity contribution is -0.144. The van der Waals surface area contributed by atoms with E-state index in [0.29, 0.717) is 0 Å². The number of allylic oxidation sites excluding steroid dienone is 6. The summed E-state index contributed by atoms with van der Waals surface area (Å²) in [5, 5.41) is 0. The third kappa shape index (κ3) is 6.23. The number of hydrogen-bond acceptors (Lipinski definition) is 2. The van der Waals surface area contributed by atoms with Gasteiger partial charge in [0, 0.05) is 0 Å². The number of methoxy groups -OCH3 is 1. The van der Waals surface area contributed by atoms with Crippen molar-refractivity contribution >= 4 is 5.97 Å². The zero-order valence-electron chi connectivity index (χ0n) is 10.9. The van der Waals surface area contributed by atoms with Crippen LogP contribution >= 0.6 is 0 Å². The molecule has 90 valence electrons. The highest BCUT2D eigenvalue weighted by Gasteiger charge is 2.12. The molecule has 0 heterocycles. The molecular weight excluding hydrogens is 200 g/mol. The standard InChI is InChI=1S/C14H22O2/c1-6-7-8-11(2)9-12(3)10-13(4)14(15)16-5/h6-9,13H,10H2,1-5H3/b7-6-,11-8-,12-9+. The Labute approximate surface area is 98.7 Å². The maximum atomic E-state index is 11.2. The minimum atomic E-state index is -0.150. The van der Waals surface area contributed by atoms with Crippen LogP contribution in [0.25, 0.3) is 0 Å². The first-order chi connectivity index (χ1) is 7.51. The minimum absolute atomic E-state index is 0.0734. The molecule has 0 aliphatic rings. The maximum Gasteiger partial charge on any atom is 0.308 e. The van der Waals surface area contributed by atoms with E-state index in [9.17, 15) is 4.79 Å². The normalized spacial score (nSPS) is 15.3. The molecule has 0 saturated heterocycles. The molecule has 0 radical (unpaired) electrons. The first-order valence-electron chi connectivity index (χ1n) is 5.55. The van der Waals surface area contributed by atoms with Crippen LogP contribution in [-0.4, -0.2) is 13.1 Å². The monoisotopic (exact) mass is 222 g/mol. The van der Waals surface area contributed by atoms with Gasteiger partial charge in [-0.15, -0.1) is 0 Å². The van der Waals surface area contributed by atoms with Gasteiger partial charge in [0.2, 0.25) is 0 Å². The first kappa shape index (κ1) is 14.7. The van der Waals surface area contributed by atoms with E-state index in [1.807, 2.05) is 45.9 Å². The summed E-state index contributed by atoms with van der Waals surface area (Å²) >= 11 is 0. The third-order valence-electron chi connectivity index (χ3n) is 2.26. The Balaban J connectivity index is 4.40. The molecule has 0 aromatic rings. The Morgan fingerprint density at radius 1 is 1.38 bits per heavy atom. The predicted molar refractivity (Wildman–Crippen MR) is 68.1 cm³/mol. The molecule has 1 atom stereocenters. The molecule has 0 rings (SSSR count). The molecule has 0 saturated carbocycles. The molecule has 0 aliphatic heterocycles. The van der Waals surface area contributed by atoms with Gasteiger partial charge >= 0.3 is 5.97 Å². The number of hydrogen-bond donors (Lipinski definition) is 0. The van der Waals surface area contributed by atoms with Crippen molar-refractivity contribution in [2.75, 3.05) is 7.11 Å². The van der Waals surface area contributed by atoms with Crippen molar-refractivity contribution in [1.29, 1.82) is 0 Å². The first-order valence-corrected chi connectivity index (χ1v) is 5.55. The molecule has 0 aromatic heterocycles. The molecular formula is C14H22O2. The molecule has 16 heavy (non-hydrogen) atoms.